The highest BCUT2D eigenvalue weighted by atomic mass is 35.5. The minimum atomic E-state index is -3.22. The highest BCUT2D eigenvalue weighted by Crippen LogP contribution is 2.27. The minimum Gasteiger partial charge on any atom is -0.232 e. The molecule has 4 nitrogen and oxygen atoms in total. The van der Waals surface area contributed by atoms with Crippen LogP contribution >= 0.6 is 11.6 Å². The largest absolute Gasteiger partial charge is 0.232 e. The number of halogens is 1. The van der Waals surface area contributed by atoms with E-state index in [-0.39, 0.29) is 4.90 Å². The van der Waals surface area contributed by atoms with Crippen molar-refractivity contribution in [3.8, 4) is 16.9 Å². The van der Waals surface area contributed by atoms with Crippen molar-refractivity contribution >= 4 is 21.4 Å². The zero-order valence-corrected chi connectivity index (χ0v) is 15.8. The fourth-order valence-electron chi connectivity index (χ4n) is 2.63. The first-order valence-corrected chi connectivity index (χ1v) is 10.2. The van der Waals surface area contributed by atoms with Gasteiger partial charge in [0.2, 0.25) is 0 Å². The standard InChI is InChI=1S/C19H19ClN2O2S/c1-13(2)14-4-8-16(9-5-14)22-18(12-19(20)21-22)15-6-10-17(11-7-15)25(3,23)24/h4-13H,1-3H3. The maximum absolute atomic E-state index is 11.6. The molecule has 0 aliphatic rings. The van der Waals surface area contributed by atoms with Crippen molar-refractivity contribution in [3.05, 3.63) is 65.3 Å². The predicted octanol–water partition coefficient (Wildman–Crippen LogP) is 4.72. The molecule has 0 radical (unpaired) electrons. The molecule has 0 atom stereocenters. The molecule has 0 spiro atoms. The average Bonchev–Trinajstić information content (AvgIpc) is 2.96. The Morgan fingerprint density at radius 3 is 2.12 bits per heavy atom. The Morgan fingerprint density at radius 1 is 1.00 bits per heavy atom. The molecule has 25 heavy (non-hydrogen) atoms. The van der Waals surface area contributed by atoms with Gasteiger partial charge < -0.3 is 0 Å². The monoisotopic (exact) mass is 374 g/mol. The van der Waals surface area contributed by atoms with Crippen LogP contribution in [-0.4, -0.2) is 24.5 Å². The van der Waals surface area contributed by atoms with E-state index in [1.54, 1.807) is 35.0 Å². The highest BCUT2D eigenvalue weighted by Gasteiger charge is 2.13. The van der Waals surface area contributed by atoms with Gasteiger partial charge in [0.05, 0.1) is 16.3 Å². The smallest absolute Gasteiger partial charge is 0.175 e. The van der Waals surface area contributed by atoms with E-state index in [2.05, 4.69) is 31.1 Å². The summed E-state index contributed by atoms with van der Waals surface area (Å²) in [7, 11) is -3.22. The molecule has 3 aromatic rings. The van der Waals surface area contributed by atoms with Gasteiger partial charge in [0.15, 0.2) is 15.0 Å². The average molecular weight is 375 g/mol. The van der Waals surface area contributed by atoms with E-state index in [1.807, 2.05) is 12.1 Å². The van der Waals surface area contributed by atoms with Gasteiger partial charge in [-0.05, 0) is 35.7 Å². The van der Waals surface area contributed by atoms with E-state index in [0.717, 1.165) is 16.9 Å². The number of hydrogen-bond donors (Lipinski definition) is 0. The van der Waals surface area contributed by atoms with Crippen LogP contribution in [0.5, 0.6) is 0 Å². The Balaban J connectivity index is 2.04. The van der Waals surface area contributed by atoms with Gasteiger partial charge >= 0.3 is 0 Å². The van der Waals surface area contributed by atoms with Crippen LogP contribution in [0, 0.1) is 0 Å². The third-order valence-electron chi connectivity index (χ3n) is 4.06. The number of hydrogen-bond acceptors (Lipinski definition) is 3. The fourth-order valence-corrected chi connectivity index (χ4v) is 3.44. The van der Waals surface area contributed by atoms with Crippen LogP contribution in [0.15, 0.2) is 59.5 Å². The molecule has 0 unspecified atom stereocenters. The number of sulfone groups is 1. The van der Waals surface area contributed by atoms with Crippen LogP contribution in [0.4, 0.5) is 0 Å². The number of rotatable bonds is 4. The molecular formula is C19H19ClN2O2S. The van der Waals surface area contributed by atoms with Gasteiger partial charge in [-0.3, -0.25) is 0 Å². The molecule has 0 fully saturated rings. The molecule has 6 heteroatoms. The summed E-state index contributed by atoms with van der Waals surface area (Å²) in [6.45, 7) is 4.29. The van der Waals surface area contributed by atoms with Gasteiger partial charge in [0.25, 0.3) is 0 Å². The van der Waals surface area contributed by atoms with Crippen LogP contribution in [0.3, 0.4) is 0 Å². The lowest BCUT2D eigenvalue weighted by molar-refractivity contribution is 0.602. The quantitative estimate of drug-likeness (QED) is 0.663. The lowest BCUT2D eigenvalue weighted by Gasteiger charge is -2.10. The van der Waals surface area contributed by atoms with E-state index < -0.39 is 9.84 Å². The lowest BCUT2D eigenvalue weighted by Crippen LogP contribution is -2.00. The Kier molecular flexibility index (Phi) is 4.71. The molecule has 0 saturated heterocycles. The van der Waals surface area contributed by atoms with Crippen molar-refractivity contribution in [1.29, 1.82) is 0 Å². The van der Waals surface area contributed by atoms with Crippen molar-refractivity contribution in [2.24, 2.45) is 0 Å². The maximum atomic E-state index is 11.6. The first-order valence-electron chi connectivity index (χ1n) is 7.92. The summed E-state index contributed by atoms with van der Waals surface area (Å²) in [5.74, 6) is 0.457. The number of benzene rings is 2. The molecule has 130 valence electrons. The van der Waals surface area contributed by atoms with Gasteiger partial charge in [-0.15, -0.1) is 0 Å². The maximum Gasteiger partial charge on any atom is 0.175 e. The van der Waals surface area contributed by atoms with Crippen molar-refractivity contribution in [1.82, 2.24) is 9.78 Å². The molecular weight excluding hydrogens is 356 g/mol. The minimum absolute atomic E-state index is 0.287. The molecule has 0 saturated carbocycles. The van der Waals surface area contributed by atoms with Crippen LogP contribution < -0.4 is 0 Å². The fraction of sp³-hybridized carbons (Fsp3) is 0.211. The second-order valence-electron chi connectivity index (χ2n) is 6.31. The van der Waals surface area contributed by atoms with Crippen LogP contribution in [0.1, 0.15) is 25.3 Å². The van der Waals surface area contributed by atoms with Gasteiger partial charge in [0, 0.05) is 17.9 Å². The summed E-state index contributed by atoms with van der Waals surface area (Å²) in [5.41, 5.74) is 3.81. The SMILES string of the molecule is CC(C)c1ccc(-n2nc(Cl)cc2-c2ccc(S(C)(=O)=O)cc2)cc1. The first kappa shape index (κ1) is 17.7. The summed E-state index contributed by atoms with van der Waals surface area (Å²) in [4.78, 5) is 0.287. The van der Waals surface area contributed by atoms with E-state index in [1.165, 1.54) is 11.8 Å². The third-order valence-corrected chi connectivity index (χ3v) is 5.38. The molecule has 3 rings (SSSR count). The van der Waals surface area contributed by atoms with Crippen molar-refractivity contribution in [3.63, 3.8) is 0 Å². The van der Waals surface area contributed by atoms with E-state index in [0.29, 0.717) is 11.1 Å². The Bertz CT molecular complexity index is 989. The van der Waals surface area contributed by atoms with Gasteiger partial charge in [-0.25, -0.2) is 13.1 Å². The van der Waals surface area contributed by atoms with Gasteiger partial charge in [0.1, 0.15) is 0 Å². The van der Waals surface area contributed by atoms with E-state index >= 15 is 0 Å². The summed E-state index contributed by atoms with van der Waals surface area (Å²) >= 11 is 6.12. The molecule has 2 aromatic carbocycles. The van der Waals surface area contributed by atoms with Crippen LogP contribution in [0.2, 0.25) is 5.15 Å². The van der Waals surface area contributed by atoms with Crippen molar-refractivity contribution < 1.29 is 8.42 Å². The molecule has 0 amide bonds. The summed E-state index contributed by atoms with van der Waals surface area (Å²) in [6.07, 6.45) is 1.19. The second kappa shape index (κ2) is 6.65. The Hall–Kier alpha value is -2.11. The zero-order valence-electron chi connectivity index (χ0n) is 14.3. The topological polar surface area (TPSA) is 52.0 Å². The van der Waals surface area contributed by atoms with Crippen molar-refractivity contribution in [2.75, 3.05) is 6.26 Å². The second-order valence-corrected chi connectivity index (χ2v) is 8.71. The van der Waals surface area contributed by atoms with E-state index in [9.17, 15) is 8.42 Å². The van der Waals surface area contributed by atoms with Crippen LogP contribution in [0.25, 0.3) is 16.9 Å². The molecule has 1 heterocycles. The third kappa shape index (κ3) is 3.78. The Labute approximate surface area is 153 Å². The molecule has 0 N–H and O–H groups in total. The molecule has 1 aromatic heterocycles. The first-order chi connectivity index (χ1) is 11.8. The lowest BCUT2D eigenvalue weighted by atomic mass is 10.0. The summed E-state index contributed by atoms with van der Waals surface area (Å²) < 4.78 is 25.0. The van der Waals surface area contributed by atoms with Gasteiger partial charge in [-0.1, -0.05) is 49.7 Å². The van der Waals surface area contributed by atoms with E-state index in [4.69, 9.17) is 11.6 Å². The summed E-state index contributed by atoms with van der Waals surface area (Å²) in [5, 5.41) is 4.75. The molecule has 0 bridgehead atoms. The van der Waals surface area contributed by atoms with Gasteiger partial charge in [-0.2, -0.15) is 5.10 Å². The number of aromatic nitrogens is 2. The normalized spacial score (nSPS) is 11.9. The number of nitrogens with zero attached hydrogens (tertiary/aromatic N) is 2. The Morgan fingerprint density at radius 2 is 1.60 bits per heavy atom. The molecule has 0 aliphatic heterocycles. The van der Waals surface area contributed by atoms with Crippen LogP contribution in [-0.2, 0) is 9.84 Å². The predicted molar refractivity (Wildman–Crippen MR) is 101 cm³/mol. The zero-order chi connectivity index (χ0) is 18.2. The van der Waals surface area contributed by atoms with Crippen molar-refractivity contribution in [2.45, 2.75) is 24.7 Å². The highest BCUT2D eigenvalue weighted by molar-refractivity contribution is 7.90. The molecule has 0 aliphatic carbocycles. The summed E-state index contributed by atoms with van der Waals surface area (Å²) in [6, 6.07) is 16.7.